The van der Waals surface area contributed by atoms with Crippen molar-refractivity contribution < 1.29 is 13.2 Å². The van der Waals surface area contributed by atoms with E-state index in [0.717, 1.165) is 13.0 Å². The molecule has 78 valence electrons. The Hall–Kier alpha value is -0.250. The van der Waals surface area contributed by atoms with Crippen LogP contribution < -0.4 is 5.32 Å². The third-order valence-corrected chi connectivity index (χ3v) is 2.60. The van der Waals surface area contributed by atoms with E-state index < -0.39 is 12.1 Å². The molecule has 1 aliphatic heterocycles. The van der Waals surface area contributed by atoms with Crippen molar-refractivity contribution in [1.82, 2.24) is 5.32 Å². The van der Waals surface area contributed by atoms with Crippen molar-refractivity contribution in [3.63, 3.8) is 0 Å². The minimum Gasteiger partial charge on any atom is -0.313 e. The predicted octanol–water partition coefficient (Wildman–Crippen LogP) is 2.72. The number of hydrogen-bond donors (Lipinski definition) is 1. The van der Waals surface area contributed by atoms with Gasteiger partial charge >= 0.3 is 6.18 Å². The van der Waals surface area contributed by atoms with E-state index in [0.29, 0.717) is 19.3 Å². The van der Waals surface area contributed by atoms with Gasteiger partial charge in [0.05, 0.1) is 5.92 Å². The second kappa shape index (κ2) is 4.31. The molecule has 0 bridgehead atoms. The minimum atomic E-state index is -4.02. The van der Waals surface area contributed by atoms with Gasteiger partial charge in [0.25, 0.3) is 0 Å². The highest BCUT2D eigenvalue weighted by atomic mass is 19.4. The smallest absolute Gasteiger partial charge is 0.313 e. The number of halogens is 3. The summed E-state index contributed by atoms with van der Waals surface area (Å²) in [7, 11) is 0. The highest BCUT2D eigenvalue weighted by Gasteiger charge is 2.44. The van der Waals surface area contributed by atoms with Crippen molar-refractivity contribution in [2.45, 2.75) is 44.8 Å². The zero-order chi connectivity index (χ0) is 9.90. The van der Waals surface area contributed by atoms with Crippen LogP contribution in [-0.2, 0) is 0 Å². The monoisotopic (exact) mass is 195 g/mol. The highest BCUT2D eigenvalue weighted by Crippen LogP contribution is 2.35. The molecular weight excluding hydrogens is 179 g/mol. The van der Waals surface area contributed by atoms with Crippen LogP contribution in [0.15, 0.2) is 0 Å². The SMILES string of the molecule is CCCC1NCCCC1C(F)(F)F. The molecule has 1 aliphatic rings. The summed E-state index contributed by atoms with van der Waals surface area (Å²) in [5.74, 6) is -1.12. The Balaban J connectivity index is 2.56. The summed E-state index contributed by atoms with van der Waals surface area (Å²) in [5.41, 5.74) is 0. The maximum absolute atomic E-state index is 12.5. The standard InChI is InChI=1S/C9H16F3N/c1-2-4-8-7(9(10,11)12)5-3-6-13-8/h7-8,13H,2-6H2,1H3. The molecule has 0 spiro atoms. The van der Waals surface area contributed by atoms with Crippen LogP contribution in [0.3, 0.4) is 0 Å². The third-order valence-electron chi connectivity index (χ3n) is 2.60. The van der Waals surface area contributed by atoms with Crippen LogP contribution in [0.5, 0.6) is 0 Å². The Morgan fingerprint density at radius 2 is 2.08 bits per heavy atom. The highest BCUT2D eigenvalue weighted by molar-refractivity contribution is 4.85. The van der Waals surface area contributed by atoms with Gasteiger partial charge in [0, 0.05) is 6.04 Å². The first-order valence-electron chi connectivity index (χ1n) is 4.85. The Bertz CT molecular complexity index is 153. The summed E-state index contributed by atoms with van der Waals surface area (Å²) < 4.78 is 37.4. The van der Waals surface area contributed by atoms with Gasteiger partial charge in [-0.1, -0.05) is 13.3 Å². The average molecular weight is 195 g/mol. The molecule has 1 fully saturated rings. The number of rotatable bonds is 2. The van der Waals surface area contributed by atoms with Gasteiger partial charge in [0.15, 0.2) is 0 Å². The molecular formula is C9H16F3N. The molecule has 1 N–H and O–H groups in total. The van der Waals surface area contributed by atoms with E-state index in [1.807, 2.05) is 6.92 Å². The third kappa shape index (κ3) is 2.86. The van der Waals surface area contributed by atoms with Crippen molar-refractivity contribution in [1.29, 1.82) is 0 Å². The normalized spacial score (nSPS) is 30.5. The number of piperidine rings is 1. The van der Waals surface area contributed by atoms with E-state index >= 15 is 0 Å². The zero-order valence-electron chi connectivity index (χ0n) is 7.82. The van der Waals surface area contributed by atoms with Gasteiger partial charge in [-0.15, -0.1) is 0 Å². The summed E-state index contributed by atoms with van der Waals surface area (Å²) in [6, 6.07) is -0.348. The topological polar surface area (TPSA) is 12.0 Å². The van der Waals surface area contributed by atoms with Gasteiger partial charge in [0.1, 0.15) is 0 Å². The average Bonchev–Trinajstić information content (AvgIpc) is 2.04. The first-order valence-corrected chi connectivity index (χ1v) is 4.85. The van der Waals surface area contributed by atoms with E-state index in [9.17, 15) is 13.2 Å². The van der Waals surface area contributed by atoms with E-state index in [2.05, 4.69) is 5.32 Å². The van der Waals surface area contributed by atoms with Crippen LogP contribution in [-0.4, -0.2) is 18.8 Å². The summed E-state index contributed by atoms with van der Waals surface area (Å²) in [6.07, 6.45) is -1.65. The molecule has 1 heterocycles. The Morgan fingerprint density at radius 3 is 2.62 bits per heavy atom. The predicted molar refractivity (Wildman–Crippen MR) is 45.5 cm³/mol. The van der Waals surface area contributed by atoms with Crippen LogP contribution in [0.4, 0.5) is 13.2 Å². The molecule has 0 aromatic heterocycles. The lowest BCUT2D eigenvalue weighted by Crippen LogP contribution is -2.47. The maximum atomic E-state index is 12.5. The minimum absolute atomic E-state index is 0.293. The quantitative estimate of drug-likeness (QED) is 0.714. The van der Waals surface area contributed by atoms with Crippen LogP contribution in [0.1, 0.15) is 32.6 Å². The second-order valence-corrected chi connectivity index (χ2v) is 3.64. The summed E-state index contributed by atoms with van der Waals surface area (Å²) >= 11 is 0. The lowest BCUT2D eigenvalue weighted by Gasteiger charge is -2.33. The van der Waals surface area contributed by atoms with Crippen molar-refractivity contribution >= 4 is 0 Å². The lowest BCUT2D eigenvalue weighted by molar-refractivity contribution is -0.188. The Labute approximate surface area is 76.7 Å². The van der Waals surface area contributed by atoms with Crippen molar-refractivity contribution in [3.05, 3.63) is 0 Å². The van der Waals surface area contributed by atoms with Gasteiger partial charge in [-0.3, -0.25) is 0 Å². The molecule has 0 aromatic carbocycles. The number of hydrogen-bond acceptors (Lipinski definition) is 1. The van der Waals surface area contributed by atoms with E-state index in [1.165, 1.54) is 0 Å². The van der Waals surface area contributed by atoms with Gasteiger partial charge in [-0.05, 0) is 25.8 Å². The fourth-order valence-corrected chi connectivity index (χ4v) is 1.96. The first-order chi connectivity index (χ1) is 6.05. The van der Waals surface area contributed by atoms with Crippen LogP contribution in [0.25, 0.3) is 0 Å². The fourth-order valence-electron chi connectivity index (χ4n) is 1.96. The van der Waals surface area contributed by atoms with Crippen LogP contribution >= 0.6 is 0 Å². The Morgan fingerprint density at radius 1 is 1.38 bits per heavy atom. The van der Waals surface area contributed by atoms with Crippen molar-refractivity contribution in [2.24, 2.45) is 5.92 Å². The Kier molecular flexibility index (Phi) is 3.59. The van der Waals surface area contributed by atoms with Crippen molar-refractivity contribution in [3.8, 4) is 0 Å². The number of nitrogens with one attached hydrogen (secondary N) is 1. The van der Waals surface area contributed by atoms with Crippen LogP contribution in [0, 0.1) is 5.92 Å². The largest absolute Gasteiger partial charge is 0.393 e. The molecule has 2 unspecified atom stereocenters. The molecule has 1 nitrogen and oxygen atoms in total. The van der Waals surface area contributed by atoms with Crippen LogP contribution in [0.2, 0.25) is 0 Å². The van der Waals surface area contributed by atoms with Gasteiger partial charge in [-0.25, -0.2) is 0 Å². The first kappa shape index (κ1) is 10.8. The molecule has 0 saturated carbocycles. The maximum Gasteiger partial charge on any atom is 0.393 e. The molecule has 1 rings (SSSR count). The number of alkyl halides is 3. The molecule has 0 aliphatic carbocycles. The van der Waals surface area contributed by atoms with Gasteiger partial charge in [0.2, 0.25) is 0 Å². The molecule has 1 saturated heterocycles. The van der Waals surface area contributed by atoms with Gasteiger partial charge in [-0.2, -0.15) is 13.2 Å². The summed E-state index contributed by atoms with van der Waals surface area (Å²) in [5, 5.41) is 2.96. The summed E-state index contributed by atoms with van der Waals surface area (Å²) in [6.45, 7) is 2.65. The molecule has 13 heavy (non-hydrogen) atoms. The zero-order valence-corrected chi connectivity index (χ0v) is 7.82. The molecule has 0 amide bonds. The lowest BCUT2D eigenvalue weighted by atomic mass is 9.88. The van der Waals surface area contributed by atoms with Gasteiger partial charge < -0.3 is 5.32 Å². The molecule has 4 heteroatoms. The van der Waals surface area contributed by atoms with E-state index in [4.69, 9.17) is 0 Å². The fraction of sp³-hybridized carbons (Fsp3) is 1.00. The van der Waals surface area contributed by atoms with Crippen molar-refractivity contribution in [2.75, 3.05) is 6.54 Å². The molecule has 2 atom stereocenters. The summed E-state index contributed by atoms with van der Waals surface area (Å²) in [4.78, 5) is 0. The molecule has 0 aromatic rings. The van der Waals surface area contributed by atoms with E-state index in [-0.39, 0.29) is 6.04 Å². The second-order valence-electron chi connectivity index (χ2n) is 3.64. The molecule has 0 radical (unpaired) electrons. The van der Waals surface area contributed by atoms with E-state index in [1.54, 1.807) is 0 Å².